The number of carbonyl (C=O) groups excluding carboxylic acids is 2. The molecule has 1 atom stereocenters. The Morgan fingerprint density at radius 2 is 2.30 bits per heavy atom. The largest absolute Gasteiger partial charge is 0.398 e. The van der Waals surface area contributed by atoms with E-state index >= 15 is 0 Å². The Morgan fingerprint density at radius 3 is 2.95 bits per heavy atom. The van der Waals surface area contributed by atoms with Gasteiger partial charge in [0.1, 0.15) is 0 Å². The standard InChI is InChI=1S/C14H18ClN3O2/c1-9(8-18-7-3-6-12(18)19)17-14(20)10-4-2-5-11(16)13(10)15/h2,4-5,9H,3,6-8,16H2,1H3,(H,17,20). The lowest BCUT2D eigenvalue weighted by Crippen LogP contribution is -2.42. The molecule has 1 aliphatic rings. The second-order valence-corrected chi connectivity index (χ2v) is 5.40. The van der Waals surface area contributed by atoms with Crippen LogP contribution >= 0.6 is 11.6 Å². The normalized spacial score (nSPS) is 16.3. The molecule has 1 unspecified atom stereocenters. The third-order valence-electron chi connectivity index (χ3n) is 3.32. The maximum atomic E-state index is 12.1. The van der Waals surface area contributed by atoms with Crippen molar-refractivity contribution in [3.63, 3.8) is 0 Å². The number of nitrogens with two attached hydrogens (primary N) is 1. The number of rotatable bonds is 4. The summed E-state index contributed by atoms with van der Waals surface area (Å²) in [6.45, 7) is 3.15. The van der Waals surface area contributed by atoms with Gasteiger partial charge in [0, 0.05) is 25.6 Å². The zero-order valence-electron chi connectivity index (χ0n) is 11.4. The number of anilines is 1. The molecule has 0 aliphatic carbocycles. The van der Waals surface area contributed by atoms with Crippen LogP contribution in [0.5, 0.6) is 0 Å². The van der Waals surface area contributed by atoms with Crippen molar-refractivity contribution in [2.24, 2.45) is 0 Å². The van der Waals surface area contributed by atoms with Crippen LogP contribution in [0, 0.1) is 0 Å². The zero-order valence-corrected chi connectivity index (χ0v) is 12.1. The maximum Gasteiger partial charge on any atom is 0.253 e. The van der Waals surface area contributed by atoms with Crippen LogP contribution in [-0.4, -0.2) is 35.8 Å². The second-order valence-electron chi connectivity index (χ2n) is 5.03. The number of nitrogens with zero attached hydrogens (tertiary/aromatic N) is 1. The van der Waals surface area contributed by atoms with E-state index in [1.54, 1.807) is 23.1 Å². The van der Waals surface area contributed by atoms with Crippen LogP contribution in [0.4, 0.5) is 5.69 Å². The molecule has 0 spiro atoms. The average molecular weight is 296 g/mol. The van der Waals surface area contributed by atoms with Gasteiger partial charge in [-0.1, -0.05) is 17.7 Å². The van der Waals surface area contributed by atoms with Crippen LogP contribution in [-0.2, 0) is 4.79 Å². The summed E-state index contributed by atoms with van der Waals surface area (Å²) in [6, 6.07) is 4.82. The minimum Gasteiger partial charge on any atom is -0.398 e. The van der Waals surface area contributed by atoms with Crippen molar-refractivity contribution >= 4 is 29.1 Å². The molecular weight excluding hydrogens is 278 g/mol. The molecule has 0 radical (unpaired) electrons. The number of halogens is 1. The zero-order chi connectivity index (χ0) is 14.7. The van der Waals surface area contributed by atoms with E-state index in [2.05, 4.69) is 5.32 Å². The van der Waals surface area contributed by atoms with Crippen molar-refractivity contribution < 1.29 is 9.59 Å². The highest BCUT2D eigenvalue weighted by Crippen LogP contribution is 2.23. The van der Waals surface area contributed by atoms with Gasteiger partial charge in [0.25, 0.3) is 5.91 Å². The van der Waals surface area contributed by atoms with Crippen molar-refractivity contribution in [1.29, 1.82) is 0 Å². The molecule has 1 fully saturated rings. The van der Waals surface area contributed by atoms with Crippen molar-refractivity contribution in [1.82, 2.24) is 10.2 Å². The summed E-state index contributed by atoms with van der Waals surface area (Å²) >= 11 is 6.01. The Hall–Kier alpha value is -1.75. The monoisotopic (exact) mass is 295 g/mol. The third kappa shape index (κ3) is 3.22. The highest BCUT2D eigenvalue weighted by molar-refractivity contribution is 6.36. The highest BCUT2D eigenvalue weighted by atomic mass is 35.5. The van der Waals surface area contributed by atoms with Crippen molar-refractivity contribution in [3.8, 4) is 0 Å². The number of hydrogen-bond acceptors (Lipinski definition) is 3. The van der Waals surface area contributed by atoms with E-state index in [4.69, 9.17) is 17.3 Å². The van der Waals surface area contributed by atoms with Crippen molar-refractivity contribution in [2.45, 2.75) is 25.8 Å². The molecule has 20 heavy (non-hydrogen) atoms. The summed E-state index contributed by atoms with van der Waals surface area (Å²) in [5.41, 5.74) is 6.40. The first kappa shape index (κ1) is 14.7. The van der Waals surface area contributed by atoms with Crippen LogP contribution in [0.25, 0.3) is 0 Å². The first-order valence-corrected chi connectivity index (χ1v) is 6.99. The quantitative estimate of drug-likeness (QED) is 0.830. The molecule has 1 heterocycles. The molecule has 0 aromatic heterocycles. The minimum atomic E-state index is -0.276. The smallest absolute Gasteiger partial charge is 0.253 e. The fourth-order valence-corrected chi connectivity index (χ4v) is 2.51. The van der Waals surface area contributed by atoms with Gasteiger partial charge in [0.2, 0.25) is 5.91 Å². The molecule has 3 N–H and O–H groups in total. The molecule has 0 bridgehead atoms. The first-order chi connectivity index (χ1) is 9.49. The first-order valence-electron chi connectivity index (χ1n) is 6.61. The molecule has 1 saturated heterocycles. The summed E-state index contributed by atoms with van der Waals surface area (Å²) in [5.74, 6) is -0.130. The number of amides is 2. The molecule has 2 amide bonds. The van der Waals surface area contributed by atoms with Crippen LogP contribution in [0.15, 0.2) is 18.2 Å². The average Bonchev–Trinajstić information content (AvgIpc) is 2.78. The van der Waals surface area contributed by atoms with Gasteiger partial charge in [-0.25, -0.2) is 0 Å². The van der Waals surface area contributed by atoms with E-state index in [1.165, 1.54) is 0 Å². The number of hydrogen-bond donors (Lipinski definition) is 2. The molecule has 2 rings (SSSR count). The Bertz CT molecular complexity index is 533. The third-order valence-corrected chi connectivity index (χ3v) is 3.74. The van der Waals surface area contributed by atoms with Crippen LogP contribution in [0.2, 0.25) is 5.02 Å². The molecule has 1 aliphatic heterocycles. The topological polar surface area (TPSA) is 75.4 Å². The van der Waals surface area contributed by atoms with Gasteiger partial charge in [-0.2, -0.15) is 0 Å². The van der Waals surface area contributed by atoms with Crippen LogP contribution < -0.4 is 11.1 Å². The fourth-order valence-electron chi connectivity index (χ4n) is 2.30. The van der Waals surface area contributed by atoms with Gasteiger partial charge >= 0.3 is 0 Å². The molecule has 1 aromatic carbocycles. The number of nitrogen functional groups attached to an aromatic ring is 1. The van der Waals surface area contributed by atoms with Gasteiger partial charge in [-0.05, 0) is 25.5 Å². The van der Waals surface area contributed by atoms with Gasteiger partial charge in [-0.15, -0.1) is 0 Å². The Balaban J connectivity index is 1.97. The van der Waals surface area contributed by atoms with Crippen LogP contribution in [0.3, 0.4) is 0 Å². The Kier molecular flexibility index (Phi) is 4.49. The highest BCUT2D eigenvalue weighted by Gasteiger charge is 2.23. The number of benzene rings is 1. The van der Waals surface area contributed by atoms with E-state index in [-0.39, 0.29) is 22.9 Å². The molecule has 0 saturated carbocycles. The predicted octanol–water partition coefficient (Wildman–Crippen LogP) is 1.66. The molecule has 5 nitrogen and oxygen atoms in total. The number of carbonyl (C=O) groups is 2. The fraction of sp³-hybridized carbons (Fsp3) is 0.429. The second kappa shape index (κ2) is 6.13. The molecule has 6 heteroatoms. The van der Waals surface area contributed by atoms with E-state index in [0.717, 1.165) is 13.0 Å². The van der Waals surface area contributed by atoms with Crippen LogP contribution in [0.1, 0.15) is 30.1 Å². The van der Waals surface area contributed by atoms with E-state index < -0.39 is 0 Å². The summed E-state index contributed by atoms with van der Waals surface area (Å²) < 4.78 is 0. The van der Waals surface area contributed by atoms with Crippen molar-refractivity contribution in [2.75, 3.05) is 18.8 Å². The summed E-state index contributed by atoms with van der Waals surface area (Å²) in [5, 5.41) is 3.10. The van der Waals surface area contributed by atoms with E-state index in [9.17, 15) is 9.59 Å². The van der Waals surface area contributed by atoms with E-state index in [1.807, 2.05) is 6.92 Å². The minimum absolute atomic E-state index is 0.137. The van der Waals surface area contributed by atoms with Crippen molar-refractivity contribution in [3.05, 3.63) is 28.8 Å². The molecular formula is C14H18ClN3O2. The summed E-state index contributed by atoms with van der Waals surface area (Å²) in [7, 11) is 0. The lowest BCUT2D eigenvalue weighted by Gasteiger charge is -2.22. The van der Waals surface area contributed by atoms with Gasteiger partial charge in [0.05, 0.1) is 16.3 Å². The Labute approximate surface area is 123 Å². The maximum absolute atomic E-state index is 12.1. The lowest BCUT2D eigenvalue weighted by atomic mass is 10.1. The summed E-state index contributed by atoms with van der Waals surface area (Å²) in [6.07, 6.45) is 1.49. The lowest BCUT2D eigenvalue weighted by molar-refractivity contribution is -0.127. The SMILES string of the molecule is CC(CN1CCCC1=O)NC(=O)c1cccc(N)c1Cl. The Morgan fingerprint density at radius 1 is 1.55 bits per heavy atom. The van der Waals surface area contributed by atoms with Gasteiger partial charge < -0.3 is 16.0 Å². The number of nitrogens with one attached hydrogen (secondary N) is 1. The molecule has 1 aromatic rings. The summed E-state index contributed by atoms with van der Waals surface area (Å²) in [4.78, 5) is 25.4. The van der Waals surface area contributed by atoms with Gasteiger partial charge in [0.15, 0.2) is 0 Å². The van der Waals surface area contributed by atoms with E-state index in [0.29, 0.717) is 24.2 Å². The number of likely N-dealkylation sites (tertiary alicyclic amines) is 1. The van der Waals surface area contributed by atoms with Gasteiger partial charge in [-0.3, -0.25) is 9.59 Å². The predicted molar refractivity (Wildman–Crippen MR) is 78.6 cm³/mol. The molecule has 108 valence electrons.